The second-order valence-electron chi connectivity index (χ2n) is 1.56. The van der Waals surface area contributed by atoms with Crippen LogP contribution in [0.4, 0.5) is 0 Å². The largest absolute Gasteiger partial charge is 0.478 e. The van der Waals surface area contributed by atoms with E-state index in [1.807, 2.05) is 0 Å². The summed E-state index contributed by atoms with van der Waals surface area (Å²) in [6.07, 6.45) is 3.12. The van der Waals surface area contributed by atoms with Crippen LogP contribution >= 0.6 is 0 Å². The lowest BCUT2D eigenvalue weighted by molar-refractivity contribution is 0.426. The monoisotopic (exact) mass is 125 g/mol. The van der Waals surface area contributed by atoms with Crippen LogP contribution in [0.3, 0.4) is 0 Å². The van der Waals surface area contributed by atoms with Crippen molar-refractivity contribution in [2.45, 2.75) is 6.54 Å². The Kier molecular flexibility index (Phi) is 1.48. The highest BCUT2D eigenvalue weighted by molar-refractivity contribution is 4.84. The Balaban J connectivity index is 2.72. The van der Waals surface area contributed by atoms with E-state index >= 15 is 0 Å². The van der Waals surface area contributed by atoms with Crippen molar-refractivity contribution in [3.63, 3.8) is 0 Å². The Hall–Kier alpha value is -1.32. The molecular weight excluding hydrogens is 118 g/mol. The Morgan fingerprint density at radius 3 is 3.11 bits per heavy atom. The minimum Gasteiger partial charge on any atom is -0.478 e. The molecule has 0 atom stereocenters. The van der Waals surface area contributed by atoms with Crippen molar-refractivity contribution in [1.82, 2.24) is 14.8 Å². The van der Waals surface area contributed by atoms with Gasteiger partial charge in [0.2, 0.25) is 0 Å². The van der Waals surface area contributed by atoms with Crippen molar-refractivity contribution < 1.29 is 5.11 Å². The van der Waals surface area contributed by atoms with Gasteiger partial charge in [-0.2, -0.15) is 4.98 Å². The van der Waals surface area contributed by atoms with Crippen LogP contribution in [-0.4, -0.2) is 19.9 Å². The minimum atomic E-state index is -0.197. The Bertz CT molecular complexity index is 206. The maximum absolute atomic E-state index is 8.60. The molecule has 4 heteroatoms. The molecule has 0 amide bonds. The molecule has 48 valence electrons. The fraction of sp³-hybridized carbons (Fsp3) is 0.200. The van der Waals surface area contributed by atoms with Gasteiger partial charge >= 0.3 is 6.01 Å². The first-order valence-electron chi connectivity index (χ1n) is 2.52. The average molecular weight is 125 g/mol. The van der Waals surface area contributed by atoms with E-state index in [1.54, 1.807) is 6.08 Å². The predicted octanol–water partition coefficient (Wildman–Crippen LogP) is 0.170. The molecule has 1 aromatic rings. The third-order valence-electron chi connectivity index (χ3n) is 0.841. The van der Waals surface area contributed by atoms with Gasteiger partial charge in [-0.25, -0.2) is 4.68 Å². The molecule has 0 bridgehead atoms. The molecule has 0 saturated heterocycles. The first-order valence-corrected chi connectivity index (χ1v) is 2.52. The molecule has 1 aromatic heterocycles. The van der Waals surface area contributed by atoms with Crippen LogP contribution in [0.2, 0.25) is 0 Å². The van der Waals surface area contributed by atoms with Crippen LogP contribution in [0.5, 0.6) is 6.01 Å². The summed E-state index contributed by atoms with van der Waals surface area (Å²) in [5.74, 6) is 0. The van der Waals surface area contributed by atoms with Crippen LogP contribution in [0.15, 0.2) is 19.0 Å². The zero-order valence-corrected chi connectivity index (χ0v) is 4.86. The summed E-state index contributed by atoms with van der Waals surface area (Å²) in [5.41, 5.74) is 0. The van der Waals surface area contributed by atoms with E-state index in [0.717, 1.165) is 0 Å². The van der Waals surface area contributed by atoms with Gasteiger partial charge in [-0.1, -0.05) is 6.08 Å². The van der Waals surface area contributed by atoms with Crippen molar-refractivity contribution in [3.05, 3.63) is 19.0 Å². The van der Waals surface area contributed by atoms with Gasteiger partial charge < -0.3 is 5.11 Å². The van der Waals surface area contributed by atoms with Crippen molar-refractivity contribution in [2.24, 2.45) is 0 Å². The van der Waals surface area contributed by atoms with Crippen molar-refractivity contribution in [3.8, 4) is 6.01 Å². The van der Waals surface area contributed by atoms with Crippen LogP contribution in [0.25, 0.3) is 0 Å². The SMILES string of the molecule is C=CCn1cnc(O)n1. The first kappa shape index (κ1) is 5.81. The minimum absolute atomic E-state index is 0.197. The van der Waals surface area contributed by atoms with Gasteiger partial charge in [-0.15, -0.1) is 11.7 Å². The standard InChI is InChI=1S/C5H7N3O/c1-2-3-8-4-6-5(9)7-8/h2,4H,1,3H2,(H,7,9). The second kappa shape index (κ2) is 2.30. The van der Waals surface area contributed by atoms with Gasteiger partial charge in [0.05, 0.1) is 6.54 Å². The molecule has 0 unspecified atom stereocenters. The predicted molar refractivity (Wildman–Crippen MR) is 31.9 cm³/mol. The number of aromatic nitrogens is 3. The molecule has 1 N–H and O–H groups in total. The maximum Gasteiger partial charge on any atom is 0.332 e. The summed E-state index contributed by atoms with van der Waals surface area (Å²) in [4.78, 5) is 3.49. The first-order chi connectivity index (χ1) is 4.33. The van der Waals surface area contributed by atoms with Crippen LogP contribution in [-0.2, 0) is 6.54 Å². The smallest absolute Gasteiger partial charge is 0.332 e. The summed E-state index contributed by atoms with van der Waals surface area (Å²) in [7, 11) is 0. The van der Waals surface area contributed by atoms with Crippen LogP contribution in [0, 0.1) is 0 Å². The molecule has 0 radical (unpaired) electrons. The lowest BCUT2D eigenvalue weighted by Gasteiger charge is -1.87. The van der Waals surface area contributed by atoms with E-state index in [9.17, 15) is 0 Å². The normalized spacial score (nSPS) is 9.33. The highest BCUT2D eigenvalue weighted by Gasteiger charge is 1.91. The molecule has 1 rings (SSSR count). The van der Waals surface area contributed by atoms with Gasteiger partial charge in [0.15, 0.2) is 0 Å². The Morgan fingerprint density at radius 1 is 1.89 bits per heavy atom. The summed E-state index contributed by atoms with van der Waals surface area (Å²) >= 11 is 0. The zero-order valence-electron chi connectivity index (χ0n) is 4.86. The number of nitrogens with zero attached hydrogens (tertiary/aromatic N) is 3. The summed E-state index contributed by atoms with van der Waals surface area (Å²) in [5, 5.41) is 12.2. The lowest BCUT2D eigenvalue weighted by Crippen LogP contribution is -1.93. The topological polar surface area (TPSA) is 50.9 Å². The lowest BCUT2D eigenvalue weighted by atomic mass is 10.6. The Labute approximate surface area is 52.5 Å². The fourth-order valence-electron chi connectivity index (χ4n) is 0.505. The van der Waals surface area contributed by atoms with Gasteiger partial charge in [0.25, 0.3) is 0 Å². The molecule has 0 aromatic carbocycles. The highest BCUT2D eigenvalue weighted by atomic mass is 16.3. The molecule has 0 aliphatic rings. The third kappa shape index (κ3) is 1.28. The fourth-order valence-corrected chi connectivity index (χ4v) is 0.505. The van der Waals surface area contributed by atoms with E-state index in [4.69, 9.17) is 5.11 Å². The number of rotatable bonds is 2. The number of allylic oxidation sites excluding steroid dienone is 1. The van der Waals surface area contributed by atoms with Crippen LogP contribution < -0.4 is 0 Å². The van der Waals surface area contributed by atoms with Crippen molar-refractivity contribution in [2.75, 3.05) is 0 Å². The maximum atomic E-state index is 8.60. The molecule has 0 saturated carbocycles. The molecule has 4 nitrogen and oxygen atoms in total. The van der Waals surface area contributed by atoms with Gasteiger partial charge in [-0.05, 0) is 0 Å². The summed E-state index contributed by atoms with van der Waals surface area (Å²) in [6, 6.07) is -0.197. The summed E-state index contributed by atoms with van der Waals surface area (Å²) in [6.45, 7) is 4.07. The summed E-state index contributed by atoms with van der Waals surface area (Å²) < 4.78 is 1.49. The molecule has 0 aliphatic heterocycles. The van der Waals surface area contributed by atoms with Gasteiger partial charge in [0.1, 0.15) is 6.33 Å². The van der Waals surface area contributed by atoms with Crippen LogP contribution in [0.1, 0.15) is 0 Å². The quantitative estimate of drug-likeness (QED) is 0.573. The number of aromatic hydroxyl groups is 1. The van der Waals surface area contributed by atoms with Crippen molar-refractivity contribution >= 4 is 0 Å². The molecule has 1 heterocycles. The Morgan fingerprint density at radius 2 is 2.67 bits per heavy atom. The molecule has 0 aliphatic carbocycles. The highest BCUT2D eigenvalue weighted by Crippen LogP contribution is 1.93. The molecule has 0 fully saturated rings. The zero-order chi connectivity index (χ0) is 6.69. The third-order valence-corrected chi connectivity index (χ3v) is 0.841. The second-order valence-corrected chi connectivity index (χ2v) is 1.56. The van der Waals surface area contributed by atoms with Crippen molar-refractivity contribution in [1.29, 1.82) is 0 Å². The number of hydrogen-bond acceptors (Lipinski definition) is 3. The number of hydrogen-bond donors (Lipinski definition) is 1. The molecule has 9 heavy (non-hydrogen) atoms. The van der Waals surface area contributed by atoms with E-state index in [2.05, 4.69) is 16.7 Å². The van der Waals surface area contributed by atoms with E-state index < -0.39 is 0 Å². The van der Waals surface area contributed by atoms with E-state index in [1.165, 1.54) is 11.0 Å². The van der Waals surface area contributed by atoms with Gasteiger partial charge in [-0.3, -0.25) is 0 Å². The van der Waals surface area contributed by atoms with Gasteiger partial charge in [0, 0.05) is 0 Å². The average Bonchev–Trinajstić information content (AvgIpc) is 2.17. The van der Waals surface area contributed by atoms with E-state index in [0.29, 0.717) is 6.54 Å². The van der Waals surface area contributed by atoms with E-state index in [-0.39, 0.29) is 6.01 Å². The molecule has 0 spiro atoms. The molecular formula is C5H7N3O.